The first kappa shape index (κ1) is 21.5. The van der Waals surface area contributed by atoms with Gasteiger partial charge in [-0.25, -0.2) is 0 Å². The van der Waals surface area contributed by atoms with Crippen LogP contribution in [0.3, 0.4) is 0 Å². The van der Waals surface area contributed by atoms with Gasteiger partial charge >= 0.3 is 0 Å². The maximum Gasteiger partial charge on any atom is 0.196 e. The van der Waals surface area contributed by atoms with Crippen LogP contribution in [0, 0.1) is 0 Å². The standard InChI is InChI=1S/C20H23Cl3O2Si/c1-4-5-6-18(25-26(2)3)14-11-16(22)19(17(23)12-14)20(24)13-7-9-15(21)10-8-13/h7-12,18,26H,4-6H2,1-3H3/t18-/m1/s1. The highest BCUT2D eigenvalue weighted by atomic mass is 35.5. The second kappa shape index (κ2) is 9.91. The van der Waals surface area contributed by atoms with Crippen LogP contribution in [0.15, 0.2) is 36.4 Å². The fourth-order valence-electron chi connectivity index (χ4n) is 2.77. The van der Waals surface area contributed by atoms with E-state index in [1.54, 1.807) is 24.3 Å². The topological polar surface area (TPSA) is 26.3 Å². The minimum absolute atomic E-state index is 0.0312. The zero-order valence-corrected chi connectivity index (χ0v) is 18.6. The van der Waals surface area contributed by atoms with Gasteiger partial charge in [-0.15, -0.1) is 0 Å². The third-order valence-corrected chi connectivity index (χ3v) is 5.75. The molecule has 0 unspecified atom stereocenters. The minimum Gasteiger partial charge on any atom is -0.414 e. The molecule has 0 N–H and O–H groups in total. The smallest absolute Gasteiger partial charge is 0.196 e. The molecule has 0 heterocycles. The summed E-state index contributed by atoms with van der Waals surface area (Å²) in [5, 5.41) is 1.27. The van der Waals surface area contributed by atoms with Gasteiger partial charge in [0.05, 0.1) is 21.7 Å². The molecular weight excluding hydrogens is 407 g/mol. The molecule has 0 fully saturated rings. The van der Waals surface area contributed by atoms with E-state index in [1.165, 1.54) is 0 Å². The van der Waals surface area contributed by atoms with E-state index in [1.807, 2.05) is 12.1 Å². The van der Waals surface area contributed by atoms with Gasteiger partial charge in [0.2, 0.25) is 0 Å². The van der Waals surface area contributed by atoms with Gasteiger partial charge in [0, 0.05) is 10.6 Å². The summed E-state index contributed by atoms with van der Waals surface area (Å²) >= 11 is 18.8. The molecule has 6 heteroatoms. The fraction of sp³-hybridized carbons (Fsp3) is 0.350. The summed E-state index contributed by atoms with van der Waals surface area (Å²) in [6.45, 7) is 6.43. The number of hydrogen-bond donors (Lipinski definition) is 0. The van der Waals surface area contributed by atoms with Crippen molar-refractivity contribution in [2.75, 3.05) is 0 Å². The molecule has 2 nitrogen and oxygen atoms in total. The largest absolute Gasteiger partial charge is 0.414 e. The molecule has 140 valence electrons. The molecule has 0 aliphatic carbocycles. The van der Waals surface area contributed by atoms with Crippen LogP contribution in [0.1, 0.15) is 53.8 Å². The van der Waals surface area contributed by atoms with Crippen LogP contribution in [0.5, 0.6) is 0 Å². The van der Waals surface area contributed by atoms with E-state index in [0.717, 1.165) is 24.8 Å². The van der Waals surface area contributed by atoms with Crippen molar-refractivity contribution in [3.8, 4) is 0 Å². The Kier molecular flexibility index (Phi) is 8.18. The van der Waals surface area contributed by atoms with Gasteiger partial charge in [-0.1, -0.05) is 54.6 Å². The quantitative estimate of drug-likeness (QED) is 0.330. The molecule has 0 aliphatic heterocycles. The van der Waals surface area contributed by atoms with E-state index in [-0.39, 0.29) is 11.9 Å². The summed E-state index contributed by atoms with van der Waals surface area (Å²) < 4.78 is 6.17. The van der Waals surface area contributed by atoms with Gasteiger partial charge in [-0.05, 0) is 61.5 Å². The molecule has 0 amide bonds. The Hall–Kier alpha value is -0.843. The highest BCUT2D eigenvalue weighted by Crippen LogP contribution is 2.34. The van der Waals surface area contributed by atoms with E-state index >= 15 is 0 Å². The molecule has 0 aliphatic rings. The van der Waals surface area contributed by atoms with Gasteiger partial charge in [0.25, 0.3) is 0 Å². The molecule has 2 rings (SSSR count). The number of hydrogen-bond acceptors (Lipinski definition) is 2. The van der Waals surface area contributed by atoms with Crippen LogP contribution in [0.2, 0.25) is 28.2 Å². The Morgan fingerprint density at radius 3 is 2.15 bits per heavy atom. The van der Waals surface area contributed by atoms with Gasteiger partial charge in [-0.3, -0.25) is 4.79 Å². The first-order valence-electron chi connectivity index (χ1n) is 8.78. The van der Waals surface area contributed by atoms with Crippen LogP contribution < -0.4 is 0 Å². The molecule has 0 radical (unpaired) electrons. The van der Waals surface area contributed by atoms with Gasteiger partial charge < -0.3 is 4.43 Å². The molecule has 0 bridgehead atoms. The maximum absolute atomic E-state index is 12.8. The van der Waals surface area contributed by atoms with Crippen molar-refractivity contribution in [3.05, 3.63) is 68.2 Å². The summed E-state index contributed by atoms with van der Waals surface area (Å²) in [6.07, 6.45) is 3.04. The highest BCUT2D eigenvalue weighted by Gasteiger charge is 2.21. The minimum atomic E-state index is -1.22. The van der Waals surface area contributed by atoms with Crippen LogP contribution >= 0.6 is 34.8 Å². The molecule has 0 saturated heterocycles. The number of carbonyl (C=O) groups is 1. The van der Waals surface area contributed by atoms with Crippen molar-refractivity contribution in [3.63, 3.8) is 0 Å². The van der Waals surface area contributed by atoms with Crippen LogP contribution in [-0.4, -0.2) is 14.8 Å². The third-order valence-electron chi connectivity index (χ3n) is 4.03. The zero-order valence-electron chi connectivity index (χ0n) is 15.2. The second-order valence-corrected chi connectivity index (χ2v) is 10.1. The second-order valence-electron chi connectivity index (χ2n) is 6.51. The SMILES string of the molecule is CCCC[C@@H](O[SiH](C)C)c1cc(Cl)c(C(=O)c2ccc(Cl)cc2)c(Cl)c1. The number of carbonyl (C=O) groups excluding carboxylic acids is 1. The number of benzene rings is 2. The van der Waals surface area contributed by atoms with Crippen LogP contribution in [0.4, 0.5) is 0 Å². The van der Waals surface area contributed by atoms with Gasteiger partial charge in [-0.2, -0.15) is 0 Å². The summed E-state index contributed by atoms with van der Waals surface area (Å²) in [6, 6.07) is 10.3. The van der Waals surface area contributed by atoms with Crippen molar-refractivity contribution in [1.29, 1.82) is 0 Å². The molecule has 0 aromatic heterocycles. The van der Waals surface area contributed by atoms with Crippen molar-refractivity contribution in [2.45, 2.75) is 45.4 Å². The van der Waals surface area contributed by atoms with Crippen LogP contribution in [-0.2, 0) is 4.43 Å². The van der Waals surface area contributed by atoms with E-state index < -0.39 is 9.04 Å². The van der Waals surface area contributed by atoms with E-state index in [2.05, 4.69) is 20.0 Å². The Morgan fingerprint density at radius 1 is 1.08 bits per heavy atom. The molecule has 26 heavy (non-hydrogen) atoms. The molecular formula is C20H23Cl3O2Si. The first-order valence-corrected chi connectivity index (χ1v) is 12.7. The average molecular weight is 430 g/mol. The number of ketones is 1. The van der Waals surface area contributed by atoms with Crippen molar-refractivity contribution >= 4 is 49.6 Å². The summed E-state index contributed by atoms with van der Waals surface area (Å²) in [5.74, 6) is -0.215. The molecule has 0 spiro atoms. The average Bonchev–Trinajstić information content (AvgIpc) is 2.58. The van der Waals surface area contributed by atoms with Crippen LogP contribution in [0.25, 0.3) is 0 Å². The Balaban J connectivity index is 2.36. The summed E-state index contributed by atoms with van der Waals surface area (Å²) in [5.41, 5.74) is 1.75. The third kappa shape index (κ3) is 5.58. The number of rotatable bonds is 8. The van der Waals surface area contributed by atoms with Gasteiger partial charge in [0.15, 0.2) is 14.8 Å². The molecule has 2 aromatic carbocycles. The van der Waals surface area contributed by atoms with Gasteiger partial charge in [0.1, 0.15) is 0 Å². The van der Waals surface area contributed by atoms with Crippen molar-refractivity contribution in [2.24, 2.45) is 0 Å². The van der Waals surface area contributed by atoms with Crippen molar-refractivity contribution in [1.82, 2.24) is 0 Å². The van der Waals surface area contributed by atoms with E-state index in [9.17, 15) is 4.79 Å². The number of unbranched alkanes of at least 4 members (excludes halogenated alkanes) is 1. The first-order chi connectivity index (χ1) is 12.3. The van der Waals surface area contributed by atoms with E-state index in [0.29, 0.717) is 26.2 Å². The lowest BCUT2D eigenvalue weighted by molar-refractivity contribution is 0.103. The number of halogens is 3. The molecule has 2 aromatic rings. The predicted octanol–water partition coefficient (Wildman–Crippen LogP) is 7.11. The summed E-state index contributed by atoms with van der Waals surface area (Å²) in [4.78, 5) is 12.8. The molecule has 1 atom stereocenters. The fourth-order valence-corrected chi connectivity index (χ4v) is 4.52. The Bertz CT molecular complexity index is 737. The highest BCUT2D eigenvalue weighted by molar-refractivity contribution is 6.48. The maximum atomic E-state index is 12.8. The zero-order chi connectivity index (χ0) is 19.3. The monoisotopic (exact) mass is 428 g/mol. The Morgan fingerprint density at radius 2 is 1.65 bits per heavy atom. The van der Waals surface area contributed by atoms with Crippen molar-refractivity contribution < 1.29 is 9.22 Å². The molecule has 0 saturated carbocycles. The lowest BCUT2D eigenvalue weighted by Crippen LogP contribution is -2.15. The lowest BCUT2D eigenvalue weighted by Gasteiger charge is -2.22. The predicted molar refractivity (Wildman–Crippen MR) is 114 cm³/mol. The lowest BCUT2D eigenvalue weighted by atomic mass is 9.98. The van der Waals surface area contributed by atoms with E-state index in [4.69, 9.17) is 39.2 Å². The summed E-state index contributed by atoms with van der Waals surface area (Å²) in [7, 11) is -1.22. The Labute approximate surface area is 172 Å². The normalized spacial score (nSPS) is 12.4.